The Bertz CT molecular complexity index is 1260. The van der Waals surface area contributed by atoms with E-state index in [1.807, 2.05) is 0 Å². The second-order valence-electron chi connectivity index (χ2n) is 10.3. The first-order valence-corrected chi connectivity index (χ1v) is 13.7. The van der Waals surface area contributed by atoms with E-state index in [0.29, 0.717) is 29.1 Å². The number of carbonyl (C=O) groups is 1. The van der Waals surface area contributed by atoms with Crippen LogP contribution in [-0.4, -0.2) is 26.6 Å². The average molecular weight is 558 g/mol. The van der Waals surface area contributed by atoms with Gasteiger partial charge in [0.2, 0.25) is 0 Å². The predicted molar refractivity (Wildman–Crippen MR) is 139 cm³/mol. The first kappa shape index (κ1) is 29.0. The number of benzene rings is 2. The molecule has 6 nitrogen and oxygen atoms in total. The molecule has 2 aromatic carbocycles. The molecule has 1 amide bonds. The summed E-state index contributed by atoms with van der Waals surface area (Å²) in [5.41, 5.74) is 2.62. The first-order chi connectivity index (χ1) is 17.1. The molecule has 1 N–H and O–H groups in total. The van der Waals surface area contributed by atoms with Crippen molar-refractivity contribution in [1.82, 2.24) is 5.43 Å². The third-order valence-corrected chi connectivity index (χ3v) is 8.68. The summed E-state index contributed by atoms with van der Waals surface area (Å²) in [5.74, 6) is -0.241. The summed E-state index contributed by atoms with van der Waals surface area (Å²) >= 11 is 5.73. The van der Waals surface area contributed by atoms with Gasteiger partial charge in [-0.1, -0.05) is 50.1 Å². The molecule has 0 aliphatic heterocycles. The number of amides is 1. The maximum atomic E-state index is 13.5. The van der Waals surface area contributed by atoms with Crippen LogP contribution >= 0.6 is 11.6 Å². The summed E-state index contributed by atoms with van der Waals surface area (Å²) in [5, 5.41) is 3.60. The molecule has 0 bridgehead atoms. The number of nitrogens with zero attached hydrogens (tertiary/aromatic N) is 2. The largest absolute Gasteiger partial charge is 0.417 e. The average Bonchev–Trinajstić information content (AvgIpc) is 2.81. The maximum absolute atomic E-state index is 13.5. The van der Waals surface area contributed by atoms with Crippen molar-refractivity contribution in [1.29, 1.82) is 0 Å². The molecule has 0 unspecified atom stereocenters. The van der Waals surface area contributed by atoms with Crippen LogP contribution in [0.2, 0.25) is 5.02 Å². The number of aryl methyl sites for hydroxylation is 1. The standard InChI is InChI=1S/C26H31ClF3N3O3S/c1-17-5-12-21(13-6-17)37(35,36)33(20-11-14-23(27)22(15-20)26(28,29)30)16-24(34)32-31-19-9-7-18(8-10-19)25(2,3)4/h5-6,11-15,18H,7-10,16H2,1-4H3,(H,32,34). The van der Waals surface area contributed by atoms with Crippen LogP contribution in [0, 0.1) is 18.3 Å². The molecule has 2 aromatic rings. The number of hydrazone groups is 1. The summed E-state index contributed by atoms with van der Waals surface area (Å²) in [7, 11) is -4.39. The Morgan fingerprint density at radius 1 is 1.08 bits per heavy atom. The molecule has 3 rings (SSSR count). The lowest BCUT2D eigenvalue weighted by atomic mass is 9.72. The van der Waals surface area contributed by atoms with E-state index in [-0.39, 0.29) is 16.0 Å². The molecule has 0 saturated heterocycles. The summed E-state index contributed by atoms with van der Waals surface area (Å²) in [6, 6.07) is 8.52. The highest BCUT2D eigenvalue weighted by molar-refractivity contribution is 7.92. The molecule has 0 spiro atoms. The van der Waals surface area contributed by atoms with Gasteiger partial charge in [0.25, 0.3) is 15.9 Å². The van der Waals surface area contributed by atoms with Crippen molar-refractivity contribution >= 4 is 38.9 Å². The molecule has 1 fully saturated rings. The third kappa shape index (κ3) is 7.25. The topological polar surface area (TPSA) is 78.8 Å². The Labute approximate surface area is 220 Å². The van der Waals surface area contributed by atoms with E-state index in [2.05, 4.69) is 31.3 Å². The molecule has 0 heterocycles. The number of nitrogens with one attached hydrogen (secondary N) is 1. The van der Waals surface area contributed by atoms with Crippen molar-refractivity contribution in [3.05, 3.63) is 58.6 Å². The van der Waals surface area contributed by atoms with Gasteiger partial charge in [-0.3, -0.25) is 9.10 Å². The van der Waals surface area contributed by atoms with Crippen molar-refractivity contribution in [2.75, 3.05) is 10.8 Å². The van der Waals surface area contributed by atoms with Crippen LogP contribution < -0.4 is 9.73 Å². The zero-order valence-corrected chi connectivity index (χ0v) is 22.8. The van der Waals surface area contributed by atoms with E-state index >= 15 is 0 Å². The van der Waals surface area contributed by atoms with Crippen molar-refractivity contribution in [2.24, 2.45) is 16.4 Å². The smallest absolute Gasteiger partial charge is 0.271 e. The Balaban J connectivity index is 1.88. The van der Waals surface area contributed by atoms with Crippen molar-refractivity contribution in [3.8, 4) is 0 Å². The lowest BCUT2D eigenvalue weighted by Gasteiger charge is -2.34. The highest BCUT2D eigenvalue weighted by atomic mass is 35.5. The number of hydrogen-bond donors (Lipinski definition) is 1. The second kappa shape index (κ2) is 11.0. The Morgan fingerprint density at radius 3 is 2.22 bits per heavy atom. The van der Waals surface area contributed by atoms with E-state index in [1.54, 1.807) is 19.1 Å². The molecule has 1 saturated carbocycles. The van der Waals surface area contributed by atoms with Crippen molar-refractivity contribution < 1.29 is 26.4 Å². The van der Waals surface area contributed by atoms with E-state index < -0.39 is 39.2 Å². The normalized spacial score (nSPS) is 16.9. The van der Waals surface area contributed by atoms with Gasteiger partial charge in [-0.2, -0.15) is 18.3 Å². The summed E-state index contributed by atoms with van der Waals surface area (Å²) in [4.78, 5) is 12.6. The first-order valence-electron chi connectivity index (χ1n) is 11.9. The van der Waals surface area contributed by atoms with Crippen LogP contribution in [-0.2, 0) is 21.0 Å². The van der Waals surface area contributed by atoms with Gasteiger partial charge in [-0.25, -0.2) is 13.8 Å². The molecule has 1 aliphatic carbocycles. The molecule has 202 valence electrons. The minimum Gasteiger partial charge on any atom is -0.271 e. The zero-order valence-electron chi connectivity index (χ0n) is 21.2. The fourth-order valence-corrected chi connectivity index (χ4v) is 5.91. The highest BCUT2D eigenvalue weighted by Crippen LogP contribution is 2.38. The molecule has 0 atom stereocenters. The number of alkyl halides is 3. The molecular formula is C26H31ClF3N3O3S. The Kier molecular flexibility index (Phi) is 8.64. The molecule has 0 aromatic heterocycles. The number of hydrogen-bond acceptors (Lipinski definition) is 4. The number of anilines is 1. The van der Waals surface area contributed by atoms with Gasteiger partial charge >= 0.3 is 6.18 Å². The van der Waals surface area contributed by atoms with E-state index in [1.165, 1.54) is 12.1 Å². The van der Waals surface area contributed by atoms with Crippen LogP contribution in [0.5, 0.6) is 0 Å². The minimum absolute atomic E-state index is 0.166. The van der Waals surface area contributed by atoms with Gasteiger partial charge in [0, 0.05) is 5.71 Å². The monoisotopic (exact) mass is 557 g/mol. The van der Waals surface area contributed by atoms with E-state index in [4.69, 9.17) is 11.6 Å². The number of halogens is 4. The molecule has 37 heavy (non-hydrogen) atoms. The van der Waals surface area contributed by atoms with Crippen LogP contribution in [0.4, 0.5) is 18.9 Å². The Hall–Kier alpha value is -2.59. The zero-order chi connectivity index (χ0) is 27.6. The Morgan fingerprint density at radius 2 is 1.68 bits per heavy atom. The minimum atomic E-state index is -4.81. The third-order valence-electron chi connectivity index (χ3n) is 6.57. The highest BCUT2D eigenvalue weighted by Gasteiger charge is 2.36. The van der Waals surface area contributed by atoms with Gasteiger partial charge in [0.15, 0.2) is 0 Å². The number of carbonyl (C=O) groups excluding carboxylic acids is 1. The van der Waals surface area contributed by atoms with Crippen LogP contribution in [0.25, 0.3) is 0 Å². The van der Waals surface area contributed by atoms with Gasteiger partial charge in [0.05, 0.1) is 21.2 Å². The predicted octanol–water partition coefficient (Wildman–Crippen LogP) is 6.57. The van der Waals surface area contributed by atoms with E-state index in [9.17, 15) is 26.4 Å². The summed E-state index contributed by atoms with van der Waals surface area (Å²) in [6.45, 7) is 7.56. The van der Waals surface area contributed by atoms with Crippen LogP contribution in [0.15, 0.2) is 52.5 Å². The summed E-state index contributed by atoms with van der Waals surface area (Å²) < 4.78 is 68.0. The fraction of sp³-hybridized carbons (Fsp3) is 0.462. The summed E-state index contributed by atoms with van der Waals surface area (Å²) in [6.07, 6.45) is -1.54. The van der Waals surface area contributed by atoms with Crippen molar-refractivity contribution in [2.45, 2.75) is 64.5 Å². The second-order valence-corrected chi connectivity index (χ2v) is 12.6. The van der Waals surface area contributed by atoms with Crippen LogP contribution in [0.1, 0.15) is 57.6 Å². The van der Waals surface area contributed by atoms with Gasteiger partial charge in [-0.15, -0.1) is 0 Å². The lowest BCUT2D eigenvalue weighted by molar-refractivity contribution is -0.137. The van der Waals surface area contributed by atoms with Gasteiger partial charge in [-0.05, 0) is 74.3 Å². The van der Waals surface area contributed by atoms with Gasteiger partial charge in [0.1, 0.15) is 6.54 Å². The van der Waals surface area contributed by atoms with Crippen molar-refractivity contribution in [3.63, 3.8) is 0 Å². The van der Waals surface area contributed by atoms with Gasteiger partial charge < -0.3 is 0 Å². The molecular weight excluding hydrogens is 527 g/mol. The SMILES string of the molecule is Cc1ccc(S(=O)(=O)N(CC(=O)NN=C2CCC(C(C)(C)C)CC2)c2ccc(Cl)c(C(F)(F)F)c2)cc1. The van der Waals surface area contributed by atoms with E-state index in [0.717, 1.165) is 36.2 Å². The fourth-order valence-electron chi connectivity index (χ4n) is 4.27. The molecule has 1 aliphatic rings. The quantitative estimate of drug-likeness (QED) is 0.408. The number of rotatable bonds is 6. The maximum Gasteiger partial charge on any atom is 0.417 e. The number of sulfonamides is 1. The lowest BCUT2D eigenvalue weighted by Crippen LogP contribution is -2.40. The molecule has 0 radical (unpaired) electrons. The molecule has 11 heteroatoms. The van der Waals surface area contributed by atoms with Crippen LogP contribution in [0.3, 0.4) is 0 Å².